The summed E-state index contributed by atoms with van der Waals surface area (Å²) in [5, 5.41) is 25.6. The summed E-state index contributed by atoms with van der Waals surface area (Å²) in [5.74, 6) is -3.70. The molecule has 0 aliphatic rings. The predicted molar refractivity (Wildman–Crippen MR) is 120 cm³/mol. The van der Waals surface area contributed by atoms with Crippen molar-refractivity contribution < 1.29 is 24.6 Å². The van der Waals surface area contributed by atoms with Crippen LogP contribution in [0.15, 0.2) is 45.8 Å². The van der Waals surface area contributed by atoms with Crippen molar-refractivity contribution in [3.05, 3.63) is 67.3 Å². The number of aliphatic carboxylic acids is 2. The molecule has 15 nitrogen and oxygen atoms in total. The minimum atomic E-state index is -1.35. The number of nitrogens with one attached hydrogen (secondary N) is 1. The van der Waals surface area contributed by atoms with Crippen LogP contribution in [-0.4, -0.2) is 48.4 Å². The number of carboxylic acids is 2. The van der Waals surface area contributed by atoms with Crippen LogP contribution in [-0.2, 0) is 22.4 Å². The summed E-state index contributed by atoms with van der Waals surface area (Å²) in [6.45, 7) is 0. The van der Waals surface area contributed by atoms with Gasteiger partial charge >= 0.3 is 11.9 Å². The number of nitrogen functional groups attached to an aromatic ring is 1. The van der Waals surface area contributed by atoms with Gasteiger partial charge in [0.2, 0.25) is 5.95 Å². The molecule has 2 heterocycles. The summed E-state index contributed by atoms with van der Waals surface area (Å²) < 4.78 is 1.36. The van der Waals surface area contributed by atoms with Crippen molar-refractivity contribution in [2.24, 2.45) is 10.6 Å². The van der Waals surface area contributed by atoms with Crippen LogP contribution in [0, 0.1) is 9.81 Å². The molecule has 1 aromatic carbocycles. The maximum atomic E-state index is 12.3. The number of carbonyl (C=O) groups excluding carboxylic acids is 1. The van der Waals surface area contributed by atoms with Crippen LogP contribution >= 0.6 is 0 Å². The molecule has 2 aromatic heterocycles. The van der Waals surface area contributed by atoms with Crippen LogP contribution in [0.4, 0.5) is 5.95 Å². The van der Waals surface area contributed by atoms with Gasteiger partial charge in [-0.3, -0.25) is 14.4 Å². The van der Waals surface area contributed by atoms with Gasteiger partial charge in [-0.25, -0.2) is 4.79 Å². The van der Waals surface area contributed by atoms with Gasteiger partial charge in [-0.2, -0.15) is 9.66 Å². The van der Waals surface area contributed by atoms with Crippen molar-refractivity contribution in [1.29, 1.82) is 0 Å². The van der Waals surface area contributed by atoms with Crippen LogP contribution in [0.3, 0.4) is 0 Å². The summed E-state index contributed by atoms with van der Waals surface area (Å²) in [4.78, 5) is 72.5. The number of fused-ring (bicyclic) bond motifs is 1. The van der Waals surface area contributed by atoms with Gasteiger partial charge in [0.05, 0.1) is 16.0 Å². The molecule has 182 valence electrons. The van der Waals surface area contributed by atoms with Gasteiger partial charge in [-0.1, -0.05) is 12.1 Å². The quantitative estimate of drug-likeness (QED) is 0.277. The number of hydrogen-bond donors (Lipinski definition) is 4. The summed E-state index contributed by atoms with van der Waals surface area (Å²) in [7, 11) is 0. The Balaban J connectivity index is 1.75. The minimum absolute atomic E-state index is 0.0320. The Bertz CT molecular complexity index is 1380. The summed E-state index contributed by atoms with van der Waals surface area (Å²) in [6, 6.07) is 4.79. The minimum Gasteiger partial charge on any atom is -0.481 e. The van der Waals surface area contributed by atoms with E-state index in [1.54, 1.807) is 12.1 Å². The molecule has 0 bridgehead atoms. The second-order valence-corrected chi connectivity index (χ2v) is 7.44. The van der Waals surface area contributed by atoms with Gasteiger partial charge in [0.25, 0.3) is 11.5 Å². The average molecular weight is 485 g/mol. The van der Waals surface area contributed by atoms with Crippen LogP contribution in [0.25, 0.3) is 11.0 Å². The largest absolute Gasteiger partial charge is 0.481 e. The Hall–Kier alpha value is -4.95. The van der Waals surface area contributed by atoms with Gasteiger partial charge in [0.15, 0.2) is 5.65 Å². The van der Waals surface area contributed by atoms with E-state index in [9.17, 15) is 34.1 Å². The van der Waals surface area contributed by atoms with Crippen molar-refractivity contribution in [3.8, 4) is 0 Å². The number of hydrogen-bond acceptors (Lipinski definition) is 10. The van der Waals surface area contributed by atoms with Gasteiger partial charge < -0.3 is 21.3 Å². The molecule has 5 N–H and O–H groups in total. The lowest BCUT2D eigenvalue weighted by Gasteiger charge is -2.13. The number of aryl methyl sites for hydroxylation is 2. The highest BCUT2D eigenvalue weighted by molar-refractivity contribution is 5.96. The number of nitrogens with two attached hydrogens (primary N) is 1. The van der Waals surface area contributed by atoms with Crippen LogP contribution in [0.2, 0.25) is 0 Å². The van der Waals surface area contributed by atoms with Crippen LogP contribution in [0.5, 0.6) is 0 Å². The Kier molecular flexibility index (Phi) is 7.28. The first-order chi connectivity index (χ1) is 16.7. The molecule has 3 rings (SSSR count). The first kappa shape index (κ1) is 24.7. The molecule has 0 radical (unpaired) electrons. The van der Waals surface area contributed by atoms with Crippen LogP contribution < -0.4 is 16.6 Å². The number of anilines is 1. The number of nitrogens with zero attached hydrogens (tertiary/aromatic N) is 5. The van der Waals surface area contributed by atoms with E-state index in [2.05, 4.69) is 20.9 Å². The lowest BCUT2D eigenvalue weighted by Crippen LogP contribution is -2.41. The molecule has 0 spiro atoms. The van der Waals surface area contributed by atoms with E-state index in [1.165, 1.54) is 18.3 Å². The van der Waals surface area contributed by atoms with E-state index in [0.29, 0.717) is 16.7 Å². The van der Waals surface area contributed by atoms with Gasteiger partial charge in [-0.15, -0.1) is 14.5 Å². The van der Waals surface area contributed by atoms with E-state index in [1.807, 2.05) is 0 Å². The van der Waals surface area contributed by atoms with Crippen molar-refractivity contribution in [1.82, 2.24) is 19.7 Å². The molecule has 35 heavy (non-hydrogen) atoms. The fourth-order valence-electron chi connectivity index (χ4n) is 3.48. The first-order valence-electron chi connectivity index (χ1n) is 10.1. The number of aromatic nitrogens is 3. The normalized spacial score (nSPS) is 11.7. The van der Waals surface area contributed by atoms with Gasteiger partial charge in [-0.05, 0) is 42.5 Å². The number of benzene rings is 1. The maximum absolute atomic E-state index is 12.3. The van der Waals surface area contributed by atoms with E-state index < -0.39 is 41.8 Å². The Morgan fingerprint density at radius 1 is 1.09 bits per heavy atom. The molecule has 0 fully saturated rings. The maximum Gasteiger partial charge on any atom is 0.326 e. The van der Waals surface area contributed by atoms with Gasteiger partial charge in [0, 0.05) is 18.2 Å². The monoisotopic (exact) mass is 485 g/mol. The molecule has 0 saturated heterocycles. The molecule has 0 aliphatic carbocycles. The third kappa shape index (κ3) is 5.35. The van der Waals surface area contributed by atoms with E-state index in [-0.39, 0.29) is 29.4 Å². The molecule has 1 atom stereocenters. The third-order valence-corrected chi connectivity index (χ3v) is 5.21. The standard InChI is InChI=1S/C20H19N7O8/c21-20-23-17(31)15-12(9-26(24-34)18(15)27(20)25-35)6-3-10-1-4-11(5-2-10)16(30)22-13(19(32)33)7-8-14(28)29/h1-2,4-5,9,13H,3,6-8H2,(H,22,30)(H,28,29)(H,32,33)(H2,21,23,31)/t13-/m0/s1. The van der Waals surface area contributed by atoms with E-state index in [4.69, 9.17) is 10.8 Å². The number of nitroso groups, excluding NO2 is 2. The summed E-state index contributed by atoms with van der Waals surface area (Å²) in [5.41, 5.74) is 5.84. The Labute approximate surface area is 195 Å². The van der Waals surface area contributed by atoms with Crippen molar-refractivity contribution in [3.63, 3.8) is 0 Å². The number of rotatable bonds is 11. The highest BCUT2D eigenvalue weighted by Crippen LogP contribution is 2.22. The molecule has 1 amide bonds. The number of carboxylic acid groups (broad SMARTS) is 2. The smallest absolute Gasteiger partial charge is 0.326 e. The summed E-state index contributed by atoms with van der Waals surface area (Å²) >= 11 is 0. The fraction of sp³-hybridized carbons (Fsp3) is 0.250. The van der Waals surface area contributed by atoms with E-state index in [0.717, 1.165) is 10.2 Å². The second-order valence-electron chi connectivity index (χ2n) is 7.44. The number of amides is 1. The third-order valence-electron chi connectivity index (χ3n) is 5.21. The van der Waals surface area contributed by atoms with Gasteiger partial charge in [0.1, 0.15) is 6.04 Å². The average Bonchev–Trinajstić information content (AvgIpc) is 3.19. The van der Waals surface area contributed by atoms with Crippen LogP contribution in [0.1, 0.15) is 34.3 Å². The lowest BCUT2D eigenvalue weighted by atomic mass is 10.0. The highest BCUT2D eigenvalue weighted by Gasteiger charge is 2.22. The van der Waals surface area contributed by atoms with Crippen molar-refractivity contribution >= 4 is 34.8 Å². The van der Waals surface area contributed by atoms with Crippen molar-refractivity contribution in [2.45, 2.75) is 31.7 Å². The zero-order chi connectivity index (χ0) is 25.7. The molecular weight excluding hydrogens is 466 g/mol. The highest BCUT2D eigenvalue weighted by atomic mass is 16.4. The first-order valence-corrected chi connectivity index (χ1v) is 10.1. The summed E-state index contributed by atoms with van der Waals surface area (Å²) in [6.07, 6.45) is 1.18. The zero-order valence-corrected chi connectivity index (χ0v) is 17.9. The number of carbonyl (C=O) groups is 3. The molecule has 0 saturated carbocycles. The topological polar surface area (TPSA) is 228 Å². The second kappa shape index (κ2) is 10.3. The lowest BCUT2D eigenvalue weighted by molar-refractivity contribution is -0.140. The Morgan fingerprint density at radius 3 is 2.34 bits per heavy atom. The van der Waals surface area contributed by atoms with Crippen molar-refractivity contribution in [2.75, 3.05) is 5.73 Å². The Morgan fingerprint density at radius 2 is 1.77 bits per heavy atom. The van der Waals surface area contributed by atoms with E-state index >= 15 is 0 Å². The molecular formula is C20H19N7O8. The molecule has 3 aromatic rings. The zero-order valence-electron chi connectivity index (χ0n) is 17.9. The molecule has 15 heteroatoms. The fourth-order valence-corrected chi connectivity index (χ4v) is 3.48. The molecule has 0 unspecified atom stereocenters. The predicted octanol–water partition coefficient (Wildman–Crippen LogP) is 0.672. The molecule has 0 aliphatic heterocycles. The SMILES string of the molecule is Nc1nc(=O)c2c(CCc3ccc(C(=O)N[C@@H](CCC(=O)O)C(=O)O)cc3)cn(N=O)c2n1N=O.